The van der Waals surface area contributed by atoms with E-state index in [1.807, 2.05) is 30.3 Å². The molecule has 1 aliphatic rings. The number of nitrogens with zero attached hydrogens (tertiary/aromatic N) is 1. The Morgan fingerprint density at radius 1 is 1.17 bits per heavy atom. The third-order valence-electron chi connectivity index (χ3n) is 4.18. The smallest absolute Gasteiger partial charge is 0.230 e. The van der Waals surface area contributed by atoms with Gasteiger partial charge in [-0.1, -0.05) is 36.4 Å². The van der Waals surface area contributed by atoms with E-state index in [2.05, 4.69) is 5.32 Å². The second-order valence-corrected chi connectivity index (χ2v) is 5.71. The van der Waals surface area contributed by atoms with Gasteiger partial charge in [-0.3, -0.25) is 9.59 Å². The number of carbonyl (C=O) groups excluding carboxylic acids is 2. The van der Waals surface area contributed by atoms with Crippen LogP contribution in [0.3, 0.4) is 0 Å². The van der Waals surface area contributed by atoms with Gasteiger partial charge in [-0.2, -0.15) is 0 Å². The molecule has 0 spiro atoms. The number of amides is 2. The number of benzene rings is 2. The first-order valence-corrected chi connectivity index (χ1v) is 7.47. The second-order valence-electron chi connectivity index (χ2n) is 5.71. The Kier molecular flexibility index (Phi) is 4.02. The maximum absolute atomic E-state index is 12.6. The highest BCUT2D eigenvalue weighted by molar-refractivity contribution is 5.98. The maximum Gasteiger partial charge on any atom is 0.230 e. The van der Waals surface area contributed by atoms with Crippen LogP contribution in [0.2, 0.25) is 0 Å². The van der Waals surface area contributed by atoms with Crippen LogP contribution < -0.4 is 5.32 Å². The second kappa shape index (κ2) is 6.12. The fourth-order valence-corrected chi connectivity index (χ4v) is 3.03. The number of hydrogen-bond acceptors (Lipinski definition) is 3. The van der Waals surface area contributed by atoms with Crippen LogP contribution in [0.5, 0.6) is 5.75 Å². The van der Waals surface area contributed by atoms with E-state index < -0.39 is 5.92 Å². The molecule has 0 radical (unpaired) electrons. The van der Waals surface area contributed by atoms with E-state index in [0.717, 1.165) is 5.56 Å². The average Bonchev–Trinajstić information content (AvgIpc) is 2.84. The van der Waals surface area contributed by atoms with Crippen molar-refractivity contribution in [2.75, 3.05) is 12.4 Å². The number of phenols is 1. The lowest BCUT2D eigenvalue weighted by Gasteiger charge is -2.24. The number of phenolic OH excluding ortho intramolecular Hbond substituents is 1. The fourth-order valence-electron chi connectivity index (χ4n) is 3.03. The highest BCUT2D eigenvalue weighted by Crippen LogP contribution is 2.37. The van der Waals surface area contributed by atoms with Crippen molar-refractivity contribution in [3.05, 3.63) is 60.2 Å². The predicted octanol–water partition coefficient (Wildman–Crippen LogP) is 2.55. The van der Waals surface area contributed by atoms with Gasteiger partial charge in [0.2, 0.25) is 11.8 Å². The predicted molar refractivity (Wildman–Crippen MR) is 86.8 cm³/mol. The van der Waals surface area contributed by atoms with Gasteiger partial charge in [0, 0.05) is 25.2 Å². The highest BCUT2D eigenvalue weighted by Gasteiger charge is 2.42. The van der Waals surface area contributed by atoms with Crippen LogP contribution in [-0.4, -0.2) is 28.9 Å². The molecule has 1 heterocycles. The molecule has 2 unspecified atom stereocenters. The minimum absolute atomic E-state index is 0.0464. The normalized spacial score (nSPS) is 20.6. The Hall–Kier alpha value is -2.82. The van der Waals surface area contributed by atoms with E-state index in [0.29, 0.717) is 5.69 Å². The molecule has 2 aromatic carbocycles. The van der Waals surface area contributed by atoms with Crippen LogP contribution in [0.1, 0.15) is 18.0 Å². The van der Waals surface area contributed by atoms with E-state index >= 15 is 0 Å². The molecule has 0 aliphatic carbocycles. The van der Waals surface area contributed by atoms with Gasteiger partial charge >= 0.3 is 0 Å². The van der Waals surface area contributed by atoms with Gasteiger partial charge in [0.1, 0.15) is 5.75 Å². The summed E-state index contributed by atoms with van der Waals surface area (Å²) in [6, 6.07) is 15.7. The zero-order chi connectivity index (χ0) is 16.4. The van der Waals surface area contributed by atoms with Gasteiger partial charge in [0.05, 0.1) is 12.0 Å². The van der Waals surface area contributed by atoms with Crippen LogP contribution >= 0.6 is 0 Å². The number of carbonyl (C=O) groups is 2. The molecule has 1 saturated heterocycles. The lowest BCUT2D eigenvalue weighted by Crippen LogP contribution is -2.29. The molecule has 0 aromatic heterocycles. The molecule has 3 rings (SSSR count). The van der Waals surface area contributed by atoms with Gasteiger partial charge in [0.25, 0.3) is 0 Å². The molecule has 2 aromatic rings. The summed E-state index contributed by atoms with van der Waals surface area (Å²) in [5.74, 6) is -0.642. The molecule has 2 N–H and O–H groups in total. The number of anilines is 1. The van der Waals surface area contributed by atoms with E-state index in [4.69, 9.17) is 0 Å². The molecular formula is C18H18N2O3. The highest BCUT2D eigenvalue weighted by atomic mass is 16.3. The van der Waals surface area contributed by atoms with Crippen LogP contribution in [0.15, 0.2) is 54.6 Å². The Bertz CT molecular complexity index is 730. The summed E-state index contributed by atoms with van der Waals surface area (Å²) >= 11 is 0. The van der Waals surface area contributed by atoms with Crippen molar-refractivity contribution in [2.24, 2.45) is 5.92 Å². The summed E-state index contributed by atoms with van der Waals surface area (Å²) in [5.41, 5.74) is 1.46. The number of hydrogen-bond donors (Lipinski definition) is 2. The van der Waals surface area contributed by atoms with Crippen molar-refractivity contribution in [3.63, 3.8) is 0 Å². The van der Waals surface area contributed by atoms with E-state index in [1.54, 1.807) is 24.1 Å². The van der Waals surface area contributed by atoms with Crippen LogP contribution in [-0.2, 0) is 9.59 Å². The third-order valence-corrected chi connectivity index (χ3v) is 4.18. The zero-order valence-corrected chi connectivity index (χ0v) is 12.8. The molecule has 2 atom stereocenters. The molecule has 5 nitrogen and oxygen atoms in total. The molecule has 1 aliphatic heterocycles. The summed E-state index contributed by atoms with van der Waals surface area (Å²) in [6.45, 7) is 0. The minimum atomic E-state index is -0.461. The SMILES string of the molecule is CN1C(=O)CC(C(=O)Nc2cccc(O)c2)C1c1ccccc1. The minimum Gasteiger partial charge on any atom is -0.508 e. The van der Waals surface area contributed by atoms with Crippen LogP contribution in [0.25, 0.3) is 0 Å². The van der Waals surface area contributed by atoms with Gasteiger partial charge in [-0.25, -0.2) is 0 Å². The standard InChI is InChI=1S/C18H18N2O3/c1-20-16(22)11-15(17(20)12-6-3-2-4-7-12)18(23)19-13-8-5-9-14(21)10-13/h2-10,15,17,21H,11H2,1H3,(H,19,23). The van der Waals surface area contributed by atoms with E-state index in [9.17, 15) is 14.7 Å². The van der Waals surface area contributed by atoms with Crippen molar-refractivity contribution in [1.82, 2.24) is 4.90 Å². The molecule has 118 valence electrons. The molecule has 1 fully saturated rings. The van der Waals surface area contributed by atoms with Crippen molar-refractivity contribution < 1.29 is 14.7 Å². The summed E-state index contributed by atoms with van der Waals surface area (Å²) in [6.07, 6.45) is 0.181. The fraction of sp³-hybridized carbons (Fsp3) is 0.222. The Labute approximate surface area is 134 Å². The first-order chi connectivity index (χ1) is 11.1. The molecule has 23 heavy (non-hydrogen) atoms. The molecule has 0 bridgehead atoms. The summed E-state index contributed by atoms with van der Waals surface area (Å²) in [4.78, 5) is 26.3. The molecule has 2 amide bonds. The third kappa shape index (κ3) is 3.04. The summed E-state index contributed by atoms with van der Waals surface area (Å²) in [7, 11) is 1.72. The van der Waals surface area contributed by atoms with Crippen molar-refractivity contribution >= 4 is 17.5 Å². The van der Waals surface area contributed by atoms with Gasteiger partial charge in [0.15, 0.2) is 0 Å². The van der Waals surface area contributed by atoms with Crippen molar-refractivity contribution in [2.45, 2.75) is 12.5 Å². The monoisotopic (exact) mass is 310 g/mol. The van der Waals surface area contributed by atoms with Crippen LogP contribution in [0.4, 0.5) is 5.69 Å². The van der Waals surface area contributed by atoms with E-state index in [1.165, 1.54) is 12.1 Å². The number of rotatable bonds is 3. The van der Waals surface area contributed by atoms with Crippen molar-refractivity contribution in [1.29, 1.82) is 0 Å². The van der Waals surface area contributed by atoms with Gasteiger partial charge < -0.3 is 15.3 Å². The summed E-state index contributed by atoms with van der Waals surface area (Å²) in [5, 5.41) is 12.3. The Morgan fingerprint density at radius 3 is 2.61 bits per heavy atom. The maximum atomic E-state index is 12.6. The topological polar surface area (TPSA) is 69.6 Å². The number of likely N-dealkylation sites (tertiary alicyclic amines) is 1. The first-order valence-electron chi connectivity index (χ1n) is 7.47. The largest absolute Gasteiger partial charge is 0.508 e. The lowest BCUT2D eigenvalue weighted by atomic mass is 9.93. The Balaban J connectivity index is 1.84. The van der Waals surface area contributed by atoms with Gasteiger partial charge in [-0.15, -0.1) is 0 Å². The number of nitrogens with one attached hydrogen (secondary N) is 1. The molecule has 5 heteroatoms. The Morgan fingerprint density at radius 2 is 1.91 bits per heavy atom. The first kappa shape index (κ1) is 15.1. The van der Waals surface area contributed by atoms with Crippen LogP contribution in [0, 0.1) is 5.92 Å². The zero-order valence-electron chi connectivity index (χ0n) is 12.8. The lowest BCUT2D eigenvalue weighted by molar-refractivity contribution is -0.127. The van der Waals surface area contributed by atoms with E-state index in [-0.39, 0.29) is 30.0 Å². The van der Waals surface area contributed by atoms with Crippen molar-refractivity contribution in [3.8, 4) is 5.75 Å². The summed E-state index contributed by atoms with van der Waals surface area (Å²) < 4.78 is 0. The number of aromatic hydroxyl groups is 1. The quantitative estimate of drug-likeness (QED) is 0.915. The molecular weight excluding hydrogens is 292 g/mol. The molecule has 0 saturated carbocycles. The van der Waals surface area contributed by atoms with Gasteiger partial charge in [-0.05, 0) is 17.7 Å². The average molecular weight is 310 g/mol.